The number of pyridine rings is 3. The highest BCUT2D eigenvalue weighted by molar-refractivity contribution is 5.97. The van der Waals surface area contributed by atoms with Crippen molar-refractivity contribution in [2.24, 2.45) is 23.7 Å². The van der Waals surface area contributed by atoms with Crippen molar-refractivity contribution < 1.29 is 57.1 Å². The lowest BCUT2D eigenvalue weighted by Crippen LogP contribution is -2.21. The number of aromatic nitrogens is 11. The predicted molar refractivity (Wildman–Crippen MR) is 529 cm³/mol. The number of hydrogen-bond acceptors (Lipinski definition) is 20. The SMILES string of the molecule is CC(C)OC(=O)Nc1ccc(-c2c(C#N)c3ccc(Oc4ncccn4)cc3n2C2CCC2)cn1.CC(C)OC(=O)Nc1ccc(-c2cc3ccc(Oc4ccccn4)cc3n2CC2CC2)cc1.CC(C)OC(=O)Nc1ccc(-c2cc3ccc(Oc4ncccn4)cc3n2CC2CCC2)cc1.C[C@@H](OC(=O)Nc1ccc(-c2cc3ccc(Oc4ccccn4)cc3n2CC2CC2)cc1)C1CC1. The molecular formula is C109H108N16O12. The number of benzene rings is 7. The van der Waals surface area contributed by atoms with Crippen LogP contribution in [0.1, 0.15) is 137 Å². The third-order valence-corrected chi connectivity index (χ3v) is 24.5. The summed E-state index contributed by atoms with van der Waals surface area (Å²) in [6.45, 7) is 15.8. The lowest BCUT2D eigenvalue weighted by molar-refractivity contribution is 0.108. The van der Waals surface area contributed by atoms with E-state index in [-0.39, 0.29) is 42.6 Å². The Hall–Kier alpha value is -15.9. The number of nitrogens with one attached hydrogen (secondary N) is 4. The average molecular weight is 1830 g/mol. The molecule has 5 aliphatic carbocycles. The number of carbonyl (C=O) groups is 4. The van der Waals surface area contributed by atoms with Crippen LogP contribution in [0.4, 0.5) is 42.1 Å². The molecule has 1 atom stereocenters. The molecule has 0 radical (unpaired) electrons. The van der Waals surface area contributed by atoms with E-state index in [2.05, 4.69) is 147 Å². The smallest absolute Gasteiger partial charge is 0.413 e. The lowest BCUT2D eigenvalue weighted by atomic mass is 9.85. The fourth-order valence-electron chi connectivity index (χ4n) is 16.8. The van der Waals surface area contributed by atoms with Crippen LogP contribution in [0.3, 0.4) is 0 Å². The van der Waals surface area contributed by atoms with E-state index in [1.54, 1.807) is 75.4 Å². The third-order valence-electron chi connectivity index (χ3n) is 24.5. The fraction of sp³-hybridized carbons (Fsp3) is 0.284. The van der Waals surface area contributed by atoms with Gasteiger partial charge >= 0.3 is 36.4 Å². The molecule has 7 aromatic carbocycles. The van der Waals surface area contributed by atoms with Gasteiger partial charge < -0.3 is 56.2 Å². The van der Waals surface area contributed by atoms with E-state index in [1.165, 1.54) is 61.4 Å². The number of ether oxygens (including phenoxy) is 8. The van der Waals surface area contributed by atoms with Gasteiger partial charge in [0.25, 0.3) is 0 Å². The maximum Gasteiger partial charge on any atom is 0.413 e. The molecule has 5 saturated carbocycles. The first kappa shape index (κ1) is 91.6. The molecule has 28 nitrogen and oxygen atoms in total. The molecule has 137 heavy (non-hydrogen) atoms. The van der Waals surface area contributed by atoms with Crippen molar-refractivity contribution in [3.05, 3.63) is 273 Å². The van der Waals surface area contributed by atoms with Gasteiger partial charge in [0.2, 0.25) is 11.8 Å². The number of rotatable bonds is 28. The van der Waals surface area contributed by atoms with Crippen LogP contribution in [0.25, 0.3) is 88.6 Å². The fourth-order valence-corrected chi connectivity index (χ4v) is 16.8. The summed E-state index contributed by atoms with van der Waals surface area (Å²) >= 11 is 0. The first-order chi connectivity index (χ1) is 66.7. The van der Waals surface area contributed by atoms with Gasteiger partial charge in [-0.2, -0.15) is 5.26 Å². The van der Waals surface area contributed by atoms with Crippen LogP contribution in [0.5, 0.6) is 46.8 Å². The average Bonchev–Trinajstić information content (AvgIpc) is 1.58. The van der Waals surface area contributed by atoms with Crippen LogP contribution < -0.4 is 40.2 Å². The van der Waals surface area contributed by atoms with Crippen molar-refractivity contribution in [1.82, 2.24) is 53.2 Å². The van der Waals surface area contributed by atoms with Crippen LogP contribution in [-0.4, -0.2) is 102 Å². The Kier molecular flexibility index (Phi) is 28.1. The minimum Gasteiger partial charge on any atom is -0.447 e. The second-order valence-electron chi connectivity index (χ2n) is 36.0. The number of carbonyl (C=O) groups excluding carboxylic acids is 4. The van der Waals surface area contributed by atoms with E-state index in [1.807, 2.05) is 174 Å². The number of fused-ring (bicyclic) bond motifs is 4. The van der Waals surface area contributed by atoms with Crippen LogP contribution >= 0.6 is 0 Å². The van der Waals surface area contributed by atoms with Gasteiger partial charge in [-0.25, -0.2) is 54.1 Å². The van der Waals surface area contributed by atoms with E-state index in [0.717, 1.165) is 141 Å². The molecule has 696 valence electrons. The molecule has 9 aromatic heterocycles. The van der Waals surface area contributed by atoms with Crippen LogP contribution in [-0.2, 0) is 38.6 Å². The van der Waals surface area contributed by atoms with E-state index >= 15 is 0 Å². The van der Waals surface area contributed by atoms with Gasteiger partial charge in [-0.1, -0.05) is 55.0 Å². The summed E-state index contributed by atoms with van der Waals surface area (Å²) in [6, 6.07) is 76.1. The molecular weight excluding hydrogens is 1730 g/mol. The molecule has 4 N–H and O–H groups in total. The van der Waals surface area contributed by atoms with Crippen molar-refractivity contribution in [2.45, 2.75) is 176 Å². The van der Waals surface area contributed by atoms with E-state index in [4.69, 9.17) is 37.9 Å². The maximum atomic E-state index is 12.2. The molecule has 21 rings (SSSR count). The largest absolute Gasteiger partial charge is 0.447 e. The van der Waals surface area contributed by atoms with Crippen molar-refractivity contribution in [2.75, 3.05) is 21.3 Å². The zero-order valence-corrected chi connectivity index (χ0v) is 77.5. The van der Waals surface area contributed by atoms with Gasteiger partial charge in [0.15, 0.2) is 0 Å². The van der Waals surface area contributed by atoms with E-state index < -0.39 is 18.3 Å². The topological polar surface area (TPSA) is 324 Å². The second-order valence-corrected chi connectivity index (χ2v) is 36.0. The Balaban J connectivity index is 0.000000122. The molecule has 0 aliphatic heterocycles. The minimum atomic E-state index is -0.559. The first-order valence-corrected chi connectivity index (χ1v) is 47.0. The Morgan fingerprint density at radius 2 is 0.752 bits per heavy atom. The van der Waals surface area contributed by atoms with Crippen LogP contribution in [0, 0.1) is 35.0 Å². The zero-order valence-electron chi connectivity index (χ0n) is 77.5. The number of nitriles is 1. The molecule has 5 aliphatic rings. The minimum absolute atomic E-state index is 0.0288. The summed E-state index contributed by atoms with van der Waals surface area (Å²) in [5.41, 5.74) is 15.4. The van der Waals surface area contributed by atoms with Crippen molar-refractivity contribution in [3.8, 4) is 97.9 Å². The standard InChI is InChI=1S/C29H29N3O3.C27H28N4O3.C27H27N3O3.C26H24N6O3/c1-19(21-7-8-21)34-29(33)31-24-12-9-22(10-13-24)26-16-23-11-14-25(35-28-4-2-3-15-30-28)17-27(23)32(26)18-20-5-6-20;1-18(2)33-27(32)30-22-10-7-20(8-11-22)24-15-21-9-12-23(34-26-28-13-4-14-29-26)16-25(21)31(24)17-19-5-3-6-19;1-18(2)32-27(31)29-22-11-8-20(9-12-22)24-15-21-10-13-23(33-26-5-3-4-14-28-26)16-25(21)30(24)17-19-6-7-19;1-16(2)34-26(33)31-23-10-7-17(15-30-23)24-21(14-27)20-9-8-19(35-25-28-11-4-12-29-25)13-22(20)32(24)18-5-3-6-18/h2-4,9-17,19-21H,5-8,18H2,1H3,(H,31,33);4,7-16,18-19H,3,5-6,17H2,1-2H3,(H,30,32);3-5,8-16,18-19H,6-7,17H2,1-2H3,(H,29,31);4,7-13,15-16,18H,3,5-6H2,1-2H3,(H,30,31,33)/t19-;;;/m1.../s1. The summed E-state index contributed by atoms with van der Waals surface area (Å²) in [5, 5.41) is 25.5. The molecule has 28 heteroatoms. The molecule has 0 saturated heterocycles. The molecule has 0 unspecified atom stereocenters. The quantitative estimate of drug-likeness (QED) is 0.0331. The number of amides is 4. The number of anilines is 4. The summed E-state index contributed by atoms with van der Waals surface area (Å²) in [7, 11) is 0. The Morgan fingerprint density at radius 1 is 0.372 bits per heavy atom. The predicted octanol–water partition coefficient (Wildman–Crippen LogP) is 26.6. The highest BCUT2D eigenvalue weighted by Gasteiger charge is 2.33. The van der Waals surface area contributed by atoms with Gasteiger partial charge in [-0.3, -0.25) is 21.3 Å². The van der Waals surface area contributed by atoms with Crippen molar-refractivity contribution in [3.63, 3.8) is 0 Å². The third kappa shape index (κ3) is 23.5. The summed E-state index contributed by atoms with van der Waals surface area (Å²) < 4.78 is 54.0. The van der Waals surface area contributed by atoms with Crippen molar-refractivity contribution in [1.29, 1.82) is 5.26 Å². The maximum absolute atomic E-state index is 12.2. The second kappa shape index (κ2) is 42.1. The molecule has 5 fully saturated rings. The number of hydrogen-bond donors (Lipinski definition) is 4. The lowest BCUT2D eigenvalue weighted by Gasteiger charge is -2.30. The highest BCUT2D eigenvalue weighted by Crippen LogP contribution is 2.46. The van der Waals surface area contributed by atoms with Crippen LogP contribution in [0.2, 0.25) is 0 Å². The van der Waals surface area contributed by atoms with Gasteiger partial charge in [0.1, 0.15) is 41.0 Å². The first-order valence-electron chi connectivity index (χ1n) is 47.0. The monoisotopic (exact) mass is 1830 g/mol. The molecule has 4 amide bonds. The molecule has 0 spiro atoms. The van der Waals surface area contributed by atoms with E-state index in [9.17, 15) is 24.4 Å². The van der Waals surface area contributed by atoms with Gasteiger partial charge in [-0.15, -0.1) is 0 Å². The Morgan fingerprint density at radius 3 is 1.11 bits per heavy atom. The normalized spacial score (nSPS) is 14.1. The zero-order chi connectivity index (χ0) is 94.4. The highest BCUT2D eigenvalue weighted by atomic mass is 16.6. The molecule has 9 heterocycles. The van der Waals surface area contributed by atoms with Gasteiger partial charge in [0.05, 0.1) is 51.6 Å². The van der Waals surface area contributed by atoms with E-state index in [0.29, 0.717) is 75.7 Å². The van der Waals surface area contributed by atoms with Crippen LogP contribution in [0.15, 0.2) is 268 Å². The Bertz CT molecular complexity index is 6950. The molecule has 16 aromatic rings. The Labute approximate surface area is 793 Å². The van der Waals surface area contributed by atoms with Gasteiger partial charge in [0, 0.05) is 167 Å². The summed E-state index contributed by atoms with van der Waals surface area (Å²) in [4.78, 5) is 77.4. The molecule has 0 bridgehead atoms. The number of nitrogens with zero attached hydrogens (tertiary/aromatic N) is 12. The van der Waals surface area contributed by atoms with Gasteiger partial charge in [-0.05, 0) is 299 Å². The van der Waals surface area contributed by atoms with Crippen molar-refractivity contribution >= 4 is 90.9 Å². The summed E-state index contributed by atoms with van der Waals surface area (Å²) in [6.07, 6.45) is 23.7. The summed E-state index contributed by atoms with van der Waals surface area (Å²) in [5.74, 6) is 7.03.